The number of H-pyrrole nitrogens is 1. The zero-order chi connectivity index (χ0) is 22.0. The fraction of sp³-hybridized carbons (Fsp3) is 0.273. The molecule has 0 radical (unpaired) electrons. The van der Waals surface area contributed by atoms with Gasteiger partial charge in [-0.25, -0.2) is 0 Å². The van der Waals surface area contributed by atoms with Crippen LogP contribution in [-0.4, -0.2) is 64.2 Å². The van der Waals surface area contributed by atoms with Gasteiger partial charge in [-0.2, -0.15) is 0 Å². The van der Waals surface area contributed by atoms with E-state index in [4.69, 9.17) is 0 Å². The van der Waals surface area contributed by atoms with Gasteiger partial charge in [0.2, 0.25) is 5.91 Å². The van der Waals surface area contributed by atoms with E-state index >= 15 is 0 Å². The lowest BCUT2D eigenvalue weighted by atomic mass is 10.2. The van der Waals surface area contributed by atoms with Gasteiger partial charge in [0.05, 0.1) is 11.5 Å². The fourth-order valence-electron chi connectivity index (χ4n) is 3.76. The quantitative estimate of drug-likeness (QED) is 0.486. The van der Waals surface area contributed by atoms with Crippen LogP contribution in [0.1, 0.15) is 16.1 Å². The highest BCUT2D eigenvalue weighted by Gasteiger charge is 2.24. The number of non-ortho nitro benzene ring substituents is 1. The normalized spacial score (nSPS) is 14.5. The Morgan fingerprint density at radius 1 is 1.10 bits per heavy atom. The Morgan fingerprint density at radius 3 is 2.52 bits per heavy atom. The van der Waals surface area contributed by atoms with Gasteiger partial charge in [0.1, 0.15) is 5.69 Å². The molecule has 1 aromatic heterocycles. The Bertz CT molecular complexity index is 1110. The molecule has 9 nitrogen and oxygen atoms in total. The minimum absolute atomic E-state index is 0.00810. The smallest absolute Gasteiger partial charge is 0.270 e. The van der Waals surface area contributed by atoms with Crippen LogP contribution >= 0.6 is 0 Å². The Hall–Kier alpha value is -3.72. The van der Waals surface area contributed by atoms with Crippen LogP contribution < -0.4 is 5.32 Å². The molecule has 160 valence electrons. The van der Waals surface area contributed by atoms with Crippen molar-refractivity contribution in [3.63, 3.8) is 0 Å². The van der Waals surface area contributed by atoms with E-state index in [1.807, 2.05) is 35.2 Å². The van der Waals surface area contributed by atoms with Crippen molar-refractivity contribution in [1.82, 2.24) is 14.8 Å². The molecule has 1 fully saturated rings. The molecule has 0 saturated carbocycles. The summed E-state index contributed by atoms with van der Waals surface area (Å²) < 4.78 is 0. The number of rotatable bonds is 5. The Morgan fingerprint density at radius 2 is 1.84 bits per heavy atom. The summed E-state index contributed by atoms with van der Waals surface area (Å²) >= 11 is 0. The molecule has 3 aromatic rings. The summed E-state index contributed by atoms with van der Waals surface area (Å²) in [5.74, 6) is -0.228. The molecule has 2 heterocycles. The third-order valence-corrected chi connectivity index (χ3v) is 5.48. The molecular weight excluding hydrogens is 398 g/mol. The molecule has 0 aliphatic carbocycles. The third-order valence-electron chi connectivity index (χ3n) is 5.48. The monoisotopic (exact) mass is 421 g/mol. The van der Waals surface area contributed by atoms with Crippen LogP contribution in [0.2, 0.25) is 0 Å². The van der Waals surface area contributed by atoms with Crippen LogP contribution in [0.5, 0.6) is 0 Å². The largest absolute Gasteiger partial charge is 0.351 e. The van der Waals surface area contributed by atoms with Crippen molar-refractivity contribution in [2.24, 2.45) is 0 Å². The van der Waals surface area contributed by atoms with E-state index in [1.54, 1.807) is 17.9 Å². The Labute approximate surface area is 178 Å². The summed E-state index contributed by atoms with van der Waals surface area (Å²) in [7, 11) is 0. The number of nitrogens with one attached hydrogen (secondary N) is 2. The van der Waals surface area contributed by atoms with Crippen LogP contribution in [0.4, 0.5) is 11.4 Å². The van der Waals surface area contributed by atoms with Crippen molar-refractivity contribution < 1.29 is 14.5 Å². The first-order chi connectivity index (χ1) is 14.9. The zero-order valence-corrected chi connectivity index (χ0v) is 17.1. The van der Waals surface area contributed by atoms with Gasteiger partial charge in [-0.1, -0.05) is 18.2 Å². The molecule has 1 saturated heterocycles. The highest BCUT2D eigenvalue weighted by molar-refractivity contribution is 5.98. The molecule has 4 rings (SSSR count). The maximum Gasteiger partial charge on any atom is 0.270 e. The van der Waals surface area contributed by atoms with E-state index in [0.717, 1.165) is 10.9 Å². The van der Waals surface area contributed by atoms with E-state index in [0.29, 0.717) is 43.1 Å². The summed E-state index contributed by atoms with van der Waals surface area (Å²) in [6.07, 6.45) is 0. The topological polar surface area (TPSA) is 112 Å². The summed E-state index contributed by atoms with van der Waals surface area (Å²) in [5, 5.41) is 14.7. The van der Waals surface area contributed by atoms with E-state index in [1.165, 1.54) is 12.1 Å². The standard InChI is InChI=1S/C22H23N5O4/c1-15-12-17(27(30)31)6-7-18(15)24-21(28)14-25-8-10-26(11-9-25)22(29)20-13-16-4-2-3-5-19(16)23-20/h2-7,12-13,23H,8-11,14H2,1H3,(H,24,28). The number of aromatic nitrogens is 1. The van der Waals surface area contributed by atoms with Crippen molar-refractivity contribution >= 4 is 34.1 Å². The number of carbonyl (C=O) groups is 2. The number of benzene rings is 2. The number of hydrogen-bond acceptors (Lipinski definition) is 5. The van der Waals surface area contributed by atoms with Crippen molar-refractivity contribution in [2.75, 3.05) is 38.0 Å². The third kappa shape index (κ3) is 4.56. The van der Waals surface area contributed by atoms with Gasteiger partial charge in [-0.3, -0.25) is 24.6 Å². The molecule has 2 N–H and O–H groups in total. The molecule has 9 heteroatoms. The number of nitro groups is 1. The van der Waals surface area contributed by atoms with Gasteiger partial charge in [-0.05, 0) is 30.7 Å². The number of carbonyl (C=O) groups excluding carboxylic acids is 2. The average molecular weight is 421 g/mol. The first kappa shape index (κ1) is 20.5. The van der Waals surface area contributed by atoms with Gasteiger partial charge in [-0.15, -0.1) is 0 Å². The van der Waals surface area contributed by atoms with Crippen molar-refractivity contribution in [3.05, 3.63) is 69.9 Å². The Balaban J connectivity index is 1.30. The number of piperazine rings is 1. The summed E-state index contributed by atoms with van der Waals surface area (Å²) in [5.41, 5.74) is 2.69. The number of amides is 2. The molecule has 0 atom stereocenters. The molecule has 0 spiro atoms. The molecule has 0 unspecified atom stereocenters. The first-order valence-electron chi connectivity index (χ1n) is 10.0. The minimum Gasteiger partial charge on any atom is -0.351 e. The summed E-state index contributed by atoms with van der Waals surface area (Å²) in [6, 6.07) is 14.0. The van der Waals surface area contributed by atoms with E-state index in [9.17, 15) is 19.7 Å². The maximum atomic E-state index is 12.8. The molecule has 1 aliphatic rings. The maximum absolute atomic E-state index is 12.8. The molecule has 1 aliphatic heterocycles. The lowest BCUT2D eigenvalue weighted by Gasteiger charge is -2.34. The highest BCUT2D eigenvalue weighted by atomic mass is 16.6. The number of hydrogen-bond donors (Lipinski definition) is 2. The average Bonchev–Trinajstić information content (AvgIpc) is 3.19. The van der Waals surface area contributed by atoms with Gasteiger partial charge < -0.3 is 15.2 Å². The minimum atomic E-state index is -0.463. The number of nitrogens with zero attached hydrogens (tertiary/aromatic N) is 3. The van der Waals surface area contributed by atoms with Crippen LogP contribution in [0, 0.1) is 17.0 Å². The number of para-hydroxylation sites is 1. The second-order valence-electron chi connectivity index (χ2n) is 7.64. The number of nitro benzene ring substituents is 1. The van der Waals surface area contributed by atoms with Gasteiger partial charge >= 0.3 is 0 Å². The van der Waals surface area contributed by atoms with E-state index < -0.39 is 4.92 Å². The second-order valence-corrected chi connectivity index (χ2v) is 7.64. The molecule has 2 amide bonds. The summed E-state index contributed by atoms with van der Waals surface area (Å²) in [4.78, 5) is 42.5. The zero-order valence-electron chi connectivity index (χ0n) is 17.1. The number of aryl methyl sites for hydroxylation is 1. The molecule has 31 heavy (non-hydrogen) atoms. The first-order valence-corrected chi connectivity index (χ1v) is 10.0. The van der Waals surface area contributed by atoms with E-state index in [2.05, 4.69) is 10.3 Å². The lowest BCUT2D eigenvalue weighted by molar-refractivity contribution is -0.384. The SMILES string of the molecule is Cc1cc([N+](=O)[O-])ccc1NC(=O)CN1CCN(C(=O)c2cc3ccccc3[nH]2)CC1. The second kappa shape index (κ2) is 8.57. The van der Waals surface area contributed by atoms with Gasteiger partial charge in [0.15, 0.2) is 0 Å². The van der Waals surface area contributed by atoms with Crippen LogP contribution in [0.3, 0.4) is 0 Å². The predicted molar refractivity (Wildman–Crippen MR) is 117 cm³/mol. The van der Waals surface area contributed by atoms with Gasteiger partial charge in [0, 0.05) is 54.9 Å². The van der Waals surface area contributed by atoms with Gasteiger partial charge in [0.25, 0.3) is 11.6 Å². The number of fused-ring (bicyclic) bond motifs is 1. The van der Waals surface area contributed by atoms with Crippen LogP contribution in [-0.2, 0) is 4.79 Å². The molecule has 0 bridgehead atoms. The fourth-order valence-corrected chi connectivity index (χ4v) is 3.76. The molecular formula is C22H23N5O4. The molecule has 2 aromatic carbocycles. The van der Waals surface area contributed by atoms with Crippen molar-refractivity contribution in [2.45, 2.75) is 6.92 Å². The van der Waals surface area contributed by atoms with Crippen molar-refractivity contribution in [1.29, 1.82) is 0 Å². The lowest BCUT2D eigenvalue weighted by Crippen LogP contribution is -2.50. The number of aromatic amines is 1. The predicted octanol–water partition coefficient (Wildman–Crippen LogP) is 2.78. The van der Waals surface area contributed by atoms with Crippen LogP contribution in [0.15, 0.2) is 48.5 Å². The van der Waals surface area contributed by atoms with Crippen molar-refractivity contribution in [3.8, 4) is 0 Å². The van der Waals surface area contributed by atoms with E-state index in [-0.39, 0.29) is 24.0 Å². The van der Waals surface area contributed by atoms with Crippen LogP contribution in [0.25, 0.3) is 10.9 Å². The Kier molecular flexibility index (Phi) is 5.68. The number of anilines is 1. The highest BCUT2D eigenvalue weighted by Crippen LogP contribution is 2.21. The summed E-state index contributed by atoms with van der Waals surface area (Å²) in [6.45, 7) is 4.19.